The van der Waals surface area contributed by atoms with E-state index in [-0.39, 0.29) is 11.3 Å². The summed E-state index contributed by atoms with van der Waals surface area (Å²) in [5.41, 5.74) is 2.83. The number of guanidine groups is 1. The van der Waals surface area contributed by atoms with Crippen molar-refractivity contribution in [3.63, 3.8) is 0 Å². The number of carbonyl (C=O) groups is 1. The molecule has 0 spiro atoms. The summed E-state index contributed by atoms with van der Waals surface area (Å²) < 4.78 is 0. The Hall–Kier alpha value is -2.04. The highest BCUT2D eigenvalue weighted by molar-refractivity contribution is 5.86. The number of benzene rings is 1. The van der Waals surface area contributed by atoms with Crippen molar-refractivity contribution in [1.82, 2.24) is 15.5 Å². The van der Waals surface area contributed by atoms with Crippen molar-refractivity contribution in [1.29, 1.82) is 0 Å². The van der Waals surface area contributed by atoms with E-state index >= 15 is 0 Å². The van der Waals surface area contributed by atoms with Crippen molar-refractivity contribution in [3.05, 3.63) is 35.4 Å². The molecule has 144 valence electrons. The van der Waals surface area contributed by atoms with E-state index in [9.17, 15) is 4.79 Å². The summed E-state index contributed by atoms with van der Waals surface area (Å²) in [6.07, 6.45) is 4.39. The first kappa shape index (κ1) is 20.3. The molecule has 1 amide bonds. The number of nitrogens with one attached hydrogen (secondary N) is 2. The van der Waals surface area contributed by atoms with Crippen LogP contribution in [-0.4, -0.2) is 50.0 Å². The average Bonchev–Trinajstić information content (AvgIpc) is 2.64. The van der Waals surface area contributed by atoms with Gasteiger partial charge in [-0.2, -0.15) is 0 Å². The molecule has 1 fully saturated rings. The Balaban J connectivity index is 1.72. The number of carbonyl (C=O) groups excluding carboxylic acids is 1. The second-order valence-corrected chi connectivity index (χ2v) is 7.99. The summed E-state index contributed by atoms with van der Waals surface area (Å²) >= 11 is 0. The van der Waals surface area contributed by atoms with E-state index in [2.05, 4.69) is 60.7 Å². The third-order valence-electron chi connectivity index (χ3n) is 4.87. The molecule has 1 heterocycles. The number of aliphatic imine (C=N–C) groups is 1. The van der Waals surface area contributed by atoms with E-state index < -0.39 is 0 Å². The van der Waals surface area contributed by atoms with Crippen LogP contribution in [0.15, 0.2) is 29.3 Å². The predicted octanol–water partition coefficient (Wildman–Crippen LogP) is 2.70. The standard InChI is InChI=1S/C21H34N4O/c1-21(2,3)18-10-8-17(9-11-18)12-13-23-20(22-4)24-16-19(26)25-14-6-5-7-15-25/h8-11H,5-7,12-16H2,1-4H3,(H2,22,23,24). The molecule has 0 radical (unpaired) electrons. The smallest absolute Gasteiger partial charge is 0.241 e. The molecule has 0 aliphatic carbocycles. The molecule has 0 unspecified atom stereocenters. The van der Waals surface area contributed by atoms with Crippen LogP contribution in [-0.2, 0) is 16.6 Å². The first-order valence-electron chi connectivity index (χ1n) is 9.72. The zero-order valence-corrected chi connectivity index (χ0v) is 16.8. The molecule has 5 nitrogen and oxygen atoms in total. The maximum absolute atomic E-state index is 12.2. The molecular weight excluding hydrogens is 324 g/mol. The second-order valence-electron chi connectivity index (χ2n) is 7.99. The fraction of sp³-hybridized carbons (Fsp3) is 0.619. The molecule has 2 N–H and O–H groups in total. The second kappa shape index (κ2) is 9.60. The van der Waals surface area contributed by atoms with Gasteiger partial charge in [0.1, 0.15) is 0 Å². The Morgan fingerprint density at radius 1 is 1.08 bits per heavy atom. The third-order valence-corrected chi connectivity index (χ3v) is 4.87. The van der Waals surface area contributed by atoms with Crippen LogP contribution in [0.3, 0.4) is 0 Å². The Kier molecular flexibility index (Phi) is 7.49. The number of nitrogens with zero attached hydrogens (tertiary/aromatic N) is 2. The molecule has 1 aromatic carbocycles. The third kappa shape index (κ3) is 6.36. The molecule has 1 aliphatic rings. The first-order valence-corrected chi connectivity index (χ1v) is 9.72. The Bertz CT molecular complexity index is 595. The molecule has 0 saturated carbocycles. The number of hydrogen-bond donors (Lipinski definition) is 2. The number of piperidine rings is 1. The summed E-state index contributed by atoms with van der Waals surface area (Å²) in [7, 11) is 1.73. The van der Waals surface area contributed by atoms with Crippen molar-refractivity contribution >= 4 is 11.9 Å². The predicted molar refractivity (Wildman–Crippen MR) is 109 cm³/mol. The van der Waals surface area contributed by atoms with Crippen LogP contribution in [0.2, 0.25) is 0 Å². The molecule has 1 aliphatic heterocycles. The minimum absolute atomic E-state index is 0.158. The van der Waals surface area contributed by atoms with Crippen LogP contribution in [0.25, 0.3) is 0 Å². The van der Waals surface area contributed by atoms with Crippen molar-refractivity contribution in [3.8, 4) is 0 Å². The minimum atomic E-state index is 0.158. The normalized spacial score (nSPS) is 15.7. The van der Waals surface area contributed by atoms with Crippen molar-refractivity contribution in [2.45, 2.75) is 51.9 Å². The molecule has 2 rings (SSSR count). The van der Waals surface area contributed by atoms with Gasteiger partial charge in [0.2, 0.25) is 5.91 Å². The highest BCUT2D eigenvalue weighted by Crippen LogP contribution is 2.22. The summed E-state index contributed by atoms with van der Waals surface area (Å²) in [6.45, 7) is 9.54. The highest BCUT2D eigenvalue weighted by Gasteiger charge is 2.16. The van der Waals surface area contributed by atoms with Gasteiger partial charge in [-0.3, -0.25) is 9.79 Å². The van der Waals surface area contributed by atoms with Crippen molar-refractivity contribution < 1.29 is 4.79 Å². The number of hydrogen-bond acceptors (Lipinski definition) is 2. The fourth-order valence-electron chi connectivity index (χ4n) is 3.13. The molecule has 1 aromatic rings. The fourth-order valence-corrected chi connectivity index (χ4v) is 3.13. The van der Waals surface area contributed by atoms with E-state index in [4.69, 9.17) is 0 Å². The molecule has 26 heavy (non-hydrogen) atoms. The van der Waals surface area contributed by atoms with Crippen LogP contribution in [0.5, 0.6) is 0 Å². The van der Waals surface area contributed by atoms with Gasteiger partial charge in [-0.15, -0.1) is 0 Å². The summed E-state index contributed by atoms with van der Waals surface area (Å²) in [5, 5.41) is 6.42. The van der Waals surface area contributed by atoms with Gasteiger partial charge >= 0.3 is 0 Å². The van der Waals surface area contributed by atoms with Crippen LogP contribution >= 0.6 is 0 Å². The lowest BCUT2D eigenvalue weighted by Gasteiger charge is -2.27. The molecule has 0 atom stereocenters. The van der Waals surface area contributed by atoms with Gasteiger partial charge in [0.05, 0.1) is 6.54 Å². The molecule has 1 saturated heterocycles. The maximum Gasteiger partial charge on any atom is 0.241 e. The molecule has 5 heteroatoms. The van der Waals surface area contributed by atoms with E-state index in [1.54, 1.807) is 7.05 Å². The number of amides is 1. The SMILES string of the molecule is CN=C(NCCc1ccc(C(C)(C)C)cc1)NCC(=O)N1CCCCC1. The summed E-state index contributed by atoms with van der Waals surface area (Å²) in [4.78, 5) is 18.4. The van der Waals surface area contributed by atoms with Gasteiger partial charge in [-0.25, -0.2) is 0 Å². The lowest BCUT2D eigenvalue weighted by atomic mass is 9.86. The van der Waals surface area contributed by atoms with Crippen molar-refractivity contribution in [2.24, 2.45) is 4.99 Å². The topological polar surface area (TPSA) is 56.7 Å². The van der Waals surface area contributed by atoms with Crippen molar-refractivity contribution in [2.75, 3.05) is 33.2 Å². The molecular formula is C21H34N4O. The lowest BCUT2D eigenvalue weighted by molar-refractivity contribution is -0.130. The van der Waals surface area contributed by atoms with Crippen LogP contribution in [0.1, 0.15) is 51.2 Å². The summed E-state index contributed by atoms with van der Waals surface area (Å²) in [6, 6.07) is 8.80. The van der Waals surface area contributed by atoms with Gasteiger partial charge in [0.15, 0.2) is 5.96 Å². The largest absolute Gasteiger partial charge is 0.356 e. The van der Waals surface area contributed by atoms with E-state index in [0.29, 0.717) is 12.5 Å². The average molecular weight is 359 g/mol. The van der Waals surface area contributed by atoms with Gasteiger partial charge in [0, 0.05) is 26.7 Å². The Labute approximate surface area is 158 Å². The van der Waals surface area contributed by atoms with Crippen LogP contribution in [0, 0.1) is 0 Å². The minimum Gasteiger partial charge on any atom is -0.356 e. The summed E-state index contributed by atoms with van der Waals surface area (Å²) in [5.74, 6) is 0.840. The van der Waals surface area contributed by atoms with Crippen LogP contribution in [0.4, 0.5) is 0 Å². The van der Waals surface area contributed by atoms with Gasteiger partial charge in [-0.05, 0) is 42.2 Å². The zero-order valence-electron chi connectivity index (χ0n) is 16.8. The van der Waals surface area contributed by atoms with E-state index in [1.165, 1.54) is 17.5 Å². The molecule has 0 aromatic heterocycles. The monoisotopic (exact) mass is 358 g/mol. The Morgan fingerprint density at radius 2 is 1.73 bits per heavy atom. The highest BCUT2D eigenvalue weighted by atomic mass is 16.2. The molecule has 0 bridgehead atoms. The van der Waals surface area contributed by atoms with Crippen LogP contribution < -0.4 is 10.6 Å². The number of likely N-dealkylation sites (tertiary alicyclic amines) is 1. The Morgan fingerprint density at radius 3 is 2.31 bits per heavy atom. The first-order chi connectivity index (χ1) is 12.4. The zero-order chi connectivity index (χ0) is 19.0. The number of rotatable bonds is 5. The maximum atomic E-state index is 12.2. The quantitative estimate of drug-likeness (QED) is 0.628. The lowest BCUT2D eigenvalue weighted by Crippen LogP contribution is -2.46. The van der Waals surface area contributed by atoms with Gasteiger partial charge < -0.3 is 15.5 Å². The van der Waals surface area contributed by atoms with E-state index in [1.807, 2.05) is 4.90 Å². The van der Waals surface area contributed by atoms with Gasteiger partial charge in [-0.1, -0.05) is 45.0 Å². The van der Waals surface area contributed by atoms with E-state index in [0.717, 1.165) is 38.9 Å². The van der Waals surface area contributed by atoms with Gasteiger partial charge in [0.25, 0.3) is 0 Å².